The van der Waals surface area contributed by atoms with Crippen LogP contribution in [-0.2, 0) is 16.0 Å². The Morgan fingerprint density at radius 1 is 1.17 bits per heavy atom. The highest BCUT2D eigenvalue weighted by Gasteiger charge is 2.25. The first-order valence-corrected chi connectivity index (χ1v) is 10.7. The molecule has 0 bridgehead atoms. The van der Waals surface area contributed by atoms with Crippen LogP contribution >= 0.6 is 0 Å². The van der Waals surface area contributed by atoms with Crippen molar-refractivity contribution in [2.45, 2.75) is 70.8 Å². The van der Waals surface area contributed by atoms with Crippen LogP contribution in [-0.4, -0.2) is 46.7 Å². The van der Waals surface area contributed by atoms with Crippen LogP contribution in [0.3, 0.4) is 0 Å². The van der Waals surface area contributed by atoms with E-state index >= 15 is 0 Å². The van der Waals surface area contributed by atoms with E-state index in [0.29, 0.717) is 12.3 Å². The molecular weight excluding hydrogens is 366 g/mol. The van der Waals surface area contributed by atoms with Gasteiger partial charge >= 0.3 is 5.97 Å². The summed E-state index contributed by atoms with van der Waals surface area (Å²) in [6, 6.07) is 10.7. The van der Waals surface area contributed by atoms with Gasteiger partial charge in [-0.25, -0.2) is 0 Å². The zero-order chi connectivity index (χ0) is 21.5. The average Bonchev–Trinajstić information content (AvgIpc) is 2.72. The Morgan fingerprint density at radius 2 is 1.86 bits per heavy atom. The number of aliphatic hydroxyl groups excluding tert-OH is 1. The number of carbonyl (C=O) groups is 2. The van der Waals surface area contributed by atoms with Crippen molar-refractivity contribution in [3.63, 3.8) is 0 Å². The second kappa shape index (κ2) is 14.8. The summed E-state index contributed by atoms with van der Waals surface area (Å²) in [6.45, 7) is 3.01. The number of rotatable bonds is 11. The molecule has 1 saturated heterocycles. The van der Waals surface area contributed by atoms with Crippen LogP contribution in [0.25, 0.3) is 0 Å². The summed E-state index contributed by atoms with van der Waals surface area (Å²) < 4.78 is 0. The first-order chi connectivity index (χ1) is 14.1. The van der Waals surface area contributed by atoms with Gasteiger partial charge in [-0.3, -0.25) is 9.59 Å². The second-order valence-corrected chi connectivity index (χ2v) is 7.66. The summed E-state index contributed by atoms with van der Waals surface area (Å²) in [6.07, 6.45) is 12.0. The van der Waals surface area contributed by atoms with E-state index in [2.05, 4.69) is 43.3 Å². The van der Waals surface area contributed by atoms with Crippen LogP contribution in [0.4, 0.5) is 0 Å². The number of carboxylic acids is 1. The SMILES string of the molecule is CC(/C=C/[C@H]1CCCC(=O)N1CCCCCCC(=O)O)Cc1ccccc1.CO. The van der Waals surface area contributed by atoms with Crippen LogP contribution in [0.15, 0.2) is 42.5 Å². The number of aliphatic hydroxyl groups is 1. The number of hydrogen-bond donors (Lipinski definition) is 2. The Hall–Kier alpha value is -2.14. The van der Waals surface area contributed by atoms with Crippen molar-refractivity contribution in [3.8, 4) is 0 Å². The fourth-order valence-electron chi connectivity index (χ4n) is 3.72. The Kier molecular flexibility index (Phi) is 12.7. The van der Waals surface area contributed by atoms with Crippen molar-refractivity contribution >= 4 is 11.9 Å². The molecule has 0 saturated carbocycles. The van der Waals surface area contributed by atoms with Gasteiger partial charge in [-0.2, -0.15) is 0 Å². The number of carbonyl (C=O) groups excluding carboxylic acids is 1. The lowest BCUT2D eigenvalue weighted by Gasteiger charge is -2.34. The smallest absolute Gasteiger partial charge is 0.303 e. The molecule has 1 unspecified atom stereocenters. The lowest BCUT2D eigenvalue weighted by atomic mass is 9.96. The molecule has 2 rings (SSSR count). The number of amides is 1. The van der Waals surface area contributed by atoms with E-state index in [1.807, 2.05) is 11.0 Å². The third-order valence-corrected chi connectivity index (χ3v) is 5.21. The quantitative estimate of drug-likeness (QED) is 0.423. The Labute approximate surface area is 175 Å². The molecular formula is C24H37NO4. The number of likely N-dealkylation sites (tertiary alicyclic amines) is 1. The van der Waals surface area contributed by atoms with Gasteiger partial charge in [0, 0.05) is 32.5 Å². The largest absolute Gasteiger partial charge is 0.481 e. The predicted octanol–water partition coefficient (Wildman–Crippen LogP) is 4.45. The maximum Gasteiger partial charge on any atom is 0.303 e. The fourth-order valence-corrected chi connectivity index (χ4v) is 3.72. The van der Waals surface area contributed by atoms with Gasteiger partial charge in [0.05, 0.1) is 0 Å². The minimum absolute atomic E-state index is 0.212. The van der Waals surface area contributed by atoms with E-state index in [1.54, 1.807) is 0 Å². The molecule has 5 nitrogen and oxygen atoms in total. The number of hydrogen-bond acceptors (Lipinski definition) is 3. The molecule has 1 heterocycles. The molecule has 1 aliphatic rings. The molecule has 162 valence electrons. The minimum atomic E-state index is -0.726. The molecule has 0 radical (unpaired) electrons. The number of allylic oxidation sites excluding steroid dienone is 1. The van der Waals surface area contributed by atoms with Gasteiger partial charge in [-0.1, -0.05) is 62.2 Å². The van der Waals surface area contributed by atoms with Gasteiger partial charge in [0.25, 0.3) is 0 Å². The third-order valence-electron chi connectivity index (χ3n) is 5.21. The predicted molar refractivity (Wildman–Crippen MR) is 117 cm³/mol. The Bertz CT molecular complexity index is 615. The van der Waals surface area contributed by atoms with Crippen molar-refractivity contribution in [1.82, 2.24) is 4.90 Å². The molecule has 1 aromatic carbocycles. The van der Waals surface area contributed by atoms with Gasteiger partial charge < -0.3 is 15.1 Å². The first kappa shape index (κ1) is 24.9. The summed E-state index contributed by atoms with van der Waals surface area (Å²) in [5.74, 6) is -0.0181. The molecule has 2 N–H and O–H groups in total. The molecule has 1 aromatic rings. The highest BCUT2D eigenvalue weighted by atomic mass is 16.4. The third kappa shape index (κ3) is 10.3. The lowest BCUT2D eigenvalue weighted by Crippen LogP contribution is -2.43. The van der Waals surface area contributed by atoms with Gasteiger partial charge in [0.1, 0.15) is 0 Å². The maximum atomic E-state index is 12.4. The zero-order valence-corrected chi connectivity index (χ0v) is 17.9. The van der Waals surface area contributed by atoms with Gasteiger partial charge in [0.15, 0.2) is 0 Å². The van der Waals surface area contributed by atoms with Gasteiger partial charge in [0.2, 0.25) is 5.91 Å². The zero-order valence-electron chi connectivity index (χ0n) is 17.9. The highest BCUT2D eigenvalue weighted by Crippen LogP contribution is 2.21. The minimum Gasteiger partial charge on any atom is -0.481 e. The molecule has 0 spiro atoms. The van der Waals surface area contributed by atoms with Crippen molar-refractivity contribution in [3.05, 3.63) is 48.0 Å². The van der Waals surface area contributed by atoms with E-state index in [1.165, 1.54) is 5.56 Å². The van der Waals surface area contributed by atoms with Gasteiger partial charge in [-0.15, -0.1) is 0 Å². The summed E-state index contributed by atoms with van der Waals surface area (Å²) in [7, 11) is 1.00. The highest BCUT2D eigenvalue weighted by molar-refractivity contribution is 5.77. The first-order valence-electron chi connectivity index (χ1n) is 10.7. The average molecular weight is 404 g/mol. The van der Waals surface area contributed by atoms with Crippen molar-refractivity contribution in [1.29, 1.82) is 0 Å². The number of aliphatic carboxylic acids is 1. The van der Waals surface area contributed by atoms with Crippen LogP contribution in [0, 0.1) is 5.92 Å². The standard InChI is InChI=1S/C23H33NO3.CH4O/c1-19(18-20-10-5-4-6-11-20)15-16-21-12-9-13-22(25)24(21)17-8-3-2-7-14-23(26)27;1-2/h4-6,10-11,15-16,19,21H,2-3,7-9,12-14,17-18H2,1H3,(H,26,27);2H,1H3/b16-15+;/t19?,21-;/m1./s1. The van der Waals surface area contributed by atoms with Crippen LogP contribution in [0.5, 0.6) is 0 Å². The van der Waals surface area contributed by atoms with Crippen molar-refractivity contribution in [2.75, 3.05) is 13.7 Å². The van der Waals surface area contributed by atoms with Crippen molar-refractivity contribution < 1.29 is 19.8 Å². The number of carboxylic acid groups (broad SMARTS) is 1. The molecule has 0 aromatic heterocycles. The van der Waals surface area contributed by atoms with Gasteiger partial charge in [-0.05, 0) is 43.6 Å². The molecule has 2 atom stereocenters. The molecule has 0 aliphatic carbocycles. The van der Waals surface area contributed by atoms with E-state index in [4.69, 9.17) is 10.2 Å². The number of benzene rings is 1. The van der Waals surface area contributed by atoms with E-state index in [-0.39, 0.29) is 18.4 Å². The summed E-state index contributed by atoms with van der Waals surface area (Å²) >= 11 is 0. The van der Waals surface area contributed by atoms with Crippen molar-refractivity contribution in [2.24, 2.45) is 5.92 Å². The topological polar surface area (TPSA) is 77.8 Å². The number of unbranched alkanes of at least 4 members (excludes halogenated alkanes) is 3. The number of nitrogens with zero attached hydrogens (tertiary/aromatic N) is 1. The summed E-state index contributed by atoms with van der Waals surface area (Å²) in [5.41, 5.74) is 1.34. The second-order valence-electron chi connectivity index (χ2n) is 7.66. The Balaban J connectivity index is 0.00000204. The molecule has 1 fully saturated rings. The summed E-state index contributed by atoms with van der Waals surface area (Å²) in [5, 5.41) is 15.7. The molecule has 29 heavy (non-hydrogen) atoms. The van der Waals surface area contributed by atoms with Crippen LogP contribution in [0.1, 0.15) is 63.9 Å². The lowest BCUT2D eigenvalue weighted by molar-refractivity contribution is -0.137. The fraction of sp³-hybridized carbons (Fsp3) is 0.583. The van der Waals surface area contributed by atoms with Crippen LogP contribution < -0.4 is 0 Å². The maximum absolute atomic E-state index is 12.4. The van der Waals surface area contributed by atoms with Crippen LogP contribution in [0.2, 0.25) is 0 Å². The van der Waals surface area contributed by atoms with E-state index in [0.717, 1.165) is 58.6 Å². The molecule has 1 aliphatic heterocycles. The number of piperidine rings is 1. The Morgan fingerprint density at radius 3 is 2.55 bits per heavy atom. The van der Waals surface area contributed by atoms with E-state index in [9.17, 15) is 9.59 Å². The normalized spacial score (nSPS) is 17.7. The summed E-state index contributed by atoms with van der Waals surface area (Å²) in [4.78, 5) is 24.9. The van der Waals surface area contributed by atoms with E-state index < -0.39 is 5.97 Å². The monoisotopic (exact) mass is 403 g/mol. The molecule has 1 amide bonds. The molecule has 5 heteroatoms.